The molecule has 5 aromatic rings. The zero-order valence-electron chi connectivity index (χ0n) is 27.2. The van der Waals surface area contributed by atoms with E-state index in [0.29, 0.717) is 0 Å². The molecule has 4 heteroatoms. The monoisotopic (exact) mass is 640 g/mol. The highest BCUT2D eigenvalue weighted by Gasteiger charge is 2.26. The van der Waals surface area contributed by atoms with Gasteiger partial charge in [0.05, 0.1) is 22.7 Å². The maximum absolute atomic E-state index is 2.57. The molecule has 0 bridgehead atoms. The molecule has 0 aliphatic carbocycles. The Morgan fingerprint density at radius 3 is 1.35 bits per heavy atom. The molecule has 2 heterocycles. The van der Waals surface area contributed by atoms with Crippen LogP contribution in [-0.4, -0.2) is 13.1 Å². The molecule has 0 radical (unpaired) electrons. The number of fused-ring (bicyclic) bond motifs is 4. The number of hydrogen-bond donors (Lipinski definition) is 0. The van der Waals surface area contributed by atoms with Gasteiger partial charge in [-0.25, -0.2) is 0 Å². The van der Waals surface area contributed by atoms with Gasteiger partial charge < -0.3 is 9.80 Å². The standard InChI is InChI=1S/C42H44N2S2/c1-3-5-7-14-26-43-35-18-12-13-19-39(35)45-40-29-33(21-24-36(40)43)34-22-25-38-42(30-34)46-41-28-32(31-16-10-9-11-17-31)20-23-37(41)44(38)27-15-8-6-4-2/h9-13,16-25,28-30H,3-8,14-15,26-27H2,1-2H3. The highest BCUT2D eigenvalue weighted by molar-refractivity contribution is 8.00. The molecule has 0 amide bonds. The van der Waals surface area contributed by atoms with Gasteiger partial charge in [0.15, 0.2) is 0 Å². The number of hydrogen-bond acceptors (Lipinski definition) is 4. The molecule has 7 rings (SSSR count). The third-order valence-electron chi connectivity index (χ3n) is 9.26. The average Bonchev–Trinajstić information content (AvgIpc) is 3.10. The van der Waals surface area contributed by atoms with Gasteiger partial charge >= 0.3 is 0 Å². The normalized spacial score (nSPS) is 13.2. The zero-order valence-corrected chi connectivity index (χ0v) is 28.8. The van der Waals surface area contributed by atoms with Crippen molar-refractivity contribution in [3.05, 3.63) is 109 Å². The lowest BCUT2D eigenvalue weighted by Gasteiger charge is -2.34. The molecule has 0 fully saturated rings. The molecule has 0 N–H and O–H groups in total. The summed E-state index contributed by atoms with van der Waals surface area (Å²) < 4.78 is 0. The van der Waals surface area contributed by atoms with Gasteiger partial charge in [-0.05, 0) is 83.6 Å². The number of para-hydroxylation sites is 1. The molecule has 0 unspecified atom stereocenters. The van der Waals surface area contributed by atoms with E-state index in [0.717, 1.165) is 13.1 Å². The minimum atomic E-state index is 1.05. The second-order valence-corrected chi connectivity index (χ2v) is 14.7. The van der Waals surface area contributed by atoms with E-state index in [9.17, 15) is 0 Å². The van der Waals surface area contributed by atoms with Crippen molar-refractivity contribution in [2.45, 2.75) is 84.8 Å². The summed E-state index contributed by atoms with van der Waals surface area (Å²) in [5.41, 5.74) is 10.5. The first-order valence-electron chi connectivity index (χ1n) is 17.2. The van der Waals surface area contributed by atoms with Crippen LogP contribution in [-0.2, 0) is 0 Å². The molecular weight excluding hydrogens is 597 g/mol. The van der Waals surface area contributed by atoms with E-state index < -0.39 is 0 Å². The number of rotatable bonds is 12. The van der Waals surface area contributed by atoms with Crippen LogP contribution in [0.25, 0.3) is 22.3 Å². The van der Waals surface area contributed by atoms with Gasteiger partial charge in [0.25, 0.3) is 0 Å². The van der Waals surface area contributed by atoms with Crippen molar-refractivity contribution in [3.63, 3.8) is 0 Å². The molecule has 2 nitrogen and oxygen atoms in total. The summed E-state index contributed by atoms with van der Waals surface area (Å²) in [6, 6.07) is 41.0. The van der Waals surface area contributed by atoms with Crippen LogP contribution >= 0.6 is 23.5 Å². The molecular formula is C42H44N2S2. The Labute approximate surface area is 284 Å². The first kappa shape index (κ1) is 31.0. The second-order valence-electron chi connectivity index (χ2n) is 12.5. The topological polar surface area (TPSA) is 6.48 Å². The van der Waals surface area contributed by atoms with Crippen LogP contribution in [0.15, 0.2) is 129 Å². The Balaban J connectivity index is 1.21. The Hall–Kier alpha value is -3.60. The summed E-state index contributed by atoms with van der Waals surface area (Å²) in [6.45, 7) is 6.69. The first-order chi connectivity index (χ1) is 22.7. The fourth-order valence-electron chi connectivity index (χ4n) is 6.76. The lowest BCUT2D eigenvalue weighted by Crippen LogP contribution is -2.22. The third kappa shape index (κ3) is 6.48. The summed E-state index contributed by atoms with van der Waals surface area (Å²) in [7, 11) is 0. The molecule has 0 saturated heterocycles. The van der Waals surface area contributed by atoms with Crippen LogP contribution in [0.1, 0.15) is 65.2 Å². The van der Waals surface area contributed by atoms with Crippen molar-refractivity contribution in [1.29, 1.82) is 0 Å². The quantitative estimate of drug-likeness (QED) is 0.125. The van der Waals surface area contributed by atoms with Gasteiger partial charge in [-0.2, -0.15) is 0 Å². The van der Waals surface area contributed by atoms with E-state index >= 15 is 0 Å². The molecule has 0 saturated carbocycles. The van der Waals surface area contributed by atoms with E-state index in [1.807, 2.05) is 23.5 Å². The fraction of sp³-hybridized carbons (Fsp3) is 0.286. The van der Waals surface area contributed by atoms with Crippen LogP contribution in [0.4, 0.5) is 22.7 Å². The number of anilines is 4. The first-order valence-corrected chi connectivity index (χ1v) is 18.8. The summed E-state index contributed by atoms with van der Waals surface area (Å²) in [6.07, 6.45) is 10.1. The summed E-state index contributed by atoms with van der Waals surface area (Å²) in [4.78, 5) is 10.5. The Morgan fingerprint density at radius 1 is 0.391 bits per heavy atom. The number of benzene rings is 5. The molecule has 0 spiro atoms. The van der Waals surface area contributed by atoms with Crippen LogP contribution in [0.2, 0.25) is 0 Å². The number of unbranched alkanes of at least 4 members (excludes halogenated alkanes) is 6. The van der Waals surface area contributed by atoms with Crippen LogP contribution in [0, 0.1) is 0 Å². The largest absolute Gasteiger partial charge is 0.340 e. The molecule has 0 aromatic heterocycles. The molecule has 234 valence electrons. The van der Waals surface area contributed by atoms with Gasteiger partial charge in [0, 0.05) is 32.7 Å². The van der Waals surface area contributed by atoms with Gasteiger partial charge in [-0.3, -0.25) is 0 Å². The Morgan fingerprint density at radius 2 is 0.826 bits per heavy atom. The van der Waals surface area contributed by atoms with E-state index in [-0.39, 0.29) is 0 Å². The minimum Gasteiger partial charge on any atom is -0.340 e. The van der Waals surface area contributed by atoms with Gasteiger partial charge in [0.1, 0.15) is 0 Å². The molecule has 46 heavy (non-hydrogen) atoms. The zero-order chi connectivity index (χ0) is 31.3. The van der Waals surface area contributed by atoms with Crippen LogP contribution in [0.5, 0.6) is 0 Å². The van der Waals surface area contributed by atoms with E-state index in [2.05, 4.69) is 133 Å². The molecule has 0 atom stereocenters. The average molecular weight is 641 g/mol. The van der Waals surface area contributed by atoms with Gasteiger partial charge in [0.2, 0.25) is 0 Å². The van der Waals surface area contributed by atoms with Crippen molar-refractivity contribution in [2.75, 3.05) is 22.9 Å². The highest BCUT2D eigenvalue weighted by Crippen LogP contribution is 2.52. The Kier molecular flexibility index (Phi) is 9.74. The predicted octanol–water partition coefficient (Wildman–Crippen LogP) is 13.4. The Bertz CT molecular complexity index is 1800. The number of nitrogens with zero attached hydrogens (tertiary/aromatic N) is 2. The third-order valence-corrected chi connectivity index (χ3v) is 11.5. The lowest BCUT2D eigenvalue weighted by molar-refractivity contribution is 0.665. The molecule has 5 aromatic carbocycles. The molecule has 2 aliphatic heterocycles. The maximum Gasteiger partial charge on any atom is 0.0553 e. The summed E-state index contributed by atoms with van der Waals surface area (Å²) >= 11 is 3.84. The predicted molar refractivity (Wildman–Crippen MR) is 201 cm³/mol. The highest BCUT2D eigenvalue weighted by atomic mass is 32.2. The second kappa shape index (κ2) is 14.4. The van der Waals surface area contributed by atoms with Crippen LogP contribution in [0.3, 0.4) is 0 Å². The van der Waals surface area contributed by atoms with Gasteiger partial charge in [-0.15, -0.1) is 0 Å². The maximum atomic E-state index is 2.57. The van der Waals surface area contributed by atoms with Crippen molar-refractivity contribution >= 4 is 46.3 Å². The van der Waals surface area contributed by atoms with E-state index in [4.69, 9.17) is 0 Å². The lowest BCUT2D eigenvalue weighted by atomic mass is 10.0. The SMILES string of the molecule is CCCCCCN1c2ccccc2Sc2cc(-c3ccc4c(c3)Sc3cc(-c5ccccc5)ccc3N4CCCCCC)ccc21. The van der Waals surface area contributed by atoms with E-state index in [1.54, 1.807) is 0 Å². The van der Waals surface area contributed by atoms with Crippen molar-refractivity contribution in [3.8, 4) is 22.3 Å². The fourth-order valence-corrected chi connectivity index (χ4v) is 9.07. The summed E-state index contributed by atoms with van der Waals surface area (Å²) in [5.74, 6) is 0. The summed E-state index contributed by atoms with van der Waals surface area (Å²) in [5, 5.41) is 0. The van der Waals surface area contributed by atoms with Crippen molar-refractivity contribution < 1.29 is 0 Å². The smallest absolute Gasteiger partial charge is 0.0553 e. The van der Waals surface area contributed by atoms with Crippen molar-refractivity contribution in [1.82, 2.24) is 0 Å². The van der Waals surface area contributed by atoms with Gasteiger partial charge in [-0.1, -0.05) is 137 Å². The van der Waals surface area contributed by atoms with Crippen molar-refractivity contribution in [2.24, 2.45) is 0 Å². The molecule has 2 aliphatic rings. The van der Waals surface area contributed by atoms with Crippen LogP contribution < -0.4 is 9.80 Å². The minimum absolute atomic E-state index is 1.05. The van der Waals surface area contributed by atoms with E-state index in [1.165, 1.54) is 116 Å².